The molecule has 1 aliphatic carbocycles. The van der Waals surface area contributed by atoms with Gasteiger partial charge < -0.3 is 5.32 Å². The Hall–Kier alpha value is -3.52. The lowest BCUT2D eigenvalue weighted by Gasteiger charge is -2.17. The van der Waals surface area contributed by atoms with E-state index in [4.69, 9.17) is 11.6 Å². The second kappa shape index (κ2) is 10.5. The van der Waals surface area contributed by atoms with Crippen LogP contribution in [0.2, 0.25) is 5.02 Å². The van der Waals surface area contributed by atoms with Crippen molar-refractivity contribution in [3.8, 4) is 11.3 Å². The molecule has 0 aliphatic heterocycles. The molecule has 1 amide bonds. The SMILES string of the molecule is Cc1cc(-c2ccc(Cl)cn2)cc(C)c1C1C(=O)CC(CC(=O)NCc2cccc(C(F)(F)F)c2)C1=O. The molecule has 1 N–H and O–H groups in total. The summed E-state index contributed by atoms with van der Waals surface area (Å²) in [5.41, 5.74) is 3.21. The number of carbonyl (C=O) groups is 3. The largest absolute Gasteiger partial charge is 0.416 e. The molecule has 37 heavy (non-hydrogen) atoms. The van der Waals surface area contributed by atoms with Gasteiger partial charge in [-0.1, -0.05) is 23.7 Å². The predicted octanol–water partition coefficient (Wildman–Crippen LogP) is 5.99. The minimum atomic E-state index is -4.48. The molecule has 1 aromatic heterocycles. The number of hydrogen-bond donors (Lipinski definition) is 1. The Balaban J connectivity index is 1.45. The number of ketones is 2. The molecule has 0 spiro atoms. The lowest BCUT2D eigenvalue weighted by Crippen LogP contribution is -2.27. The highest BCUT2D eigenvalue weighted by Gasteiger charge is 2.43. The molecular formula is C28H24ClF3N2O3. The molecule has 5 nitrogen and oxygen atoms in total. The van der Waals surface area contributed by atoms with Crippen molar-refractivity contribution in [1.82, 2.24) is 10.3 Å². The fraction of sp³-hybridized carbons (Fsp3) is 0.286. The van der Waals surface area contributed by atoms with Crippen LogP contribution in [0.1, 0.15) is 46.6 Å². The third-order valence-electron chi connectivity index (χ3n) is 6.54. The Labute approximate surface area is 217 Å². The number of hydrogen-bond acceptors (Lipinski definition) is 4. The maximum absolute atomic E-state index is 13.2. The van der Waals surface area contributed by atoms with Gasteiger partial charge in [0.15, 0.2) is 5.78 Å². The molecular weight excluding hydrogens is 505 g/mol. The van der Waals surface area contributed by atoms with Gasteiger partial charge >= 0.3 is 6.18 Å². The highest BCUT2D eigenvalue weighted by atomic mass is 35.5. The molecule has 2 atom stereocenters. The predicted molar refractivity (Wildman–Crippen MR) is 133 cm³/mol. The quantitative estimate of drug-likeness (QED) is 0.399. The zero-order chi connectivity index (χ0) is 26.9. The summed E-state index contributed by atoms with van der Waals surface area (Å²) in [5, 5.41) is 3.08. The molecule has 1 heterocycles. The van der Waals surface area contributed by atoms with Crippen LogP contribution < -0.4 is 5.32 Å². The number of alkyl halides is 3. The molecule has 0 saturated heterocycles. The number of Topliss-reactive ketones (excluding diaryl/α,β-unsaturated/α-hetero) is 2. The highest BCUT2D eigenvalue weighted by molar-refractivity contribution is 6.30. The third kappa shape index (κ3) is 5.91. The van der Waals surface area contributed by atoms with Crippen molar-refractivity contribution in [2.45, 2.75) is 45.3 Å². The van der Waals surface area contributed by atoms with Gasteiger partial charge in [-0.3, -0.25) is 19.4 Å². The summed E-state index contributed by atoms with van der Waals surface area (Å²) < 4.78 is 38.7. The summed E-state index contributed by atoms with van der Waals surface area (Å²) in [5.74, 6) is -2.79. The van der Waals surface area contributed by atoms with Gasteiger partial charge in [0.05, 0.1) is 16.3 Å². The van der Waals surface area contributed by atoms with Gasteiger partial charge in [0.2, 0.25) is 5.91 Å². The van der Waals surface area contributed by atoms with Gasteiger partial charge in [-0.2, -0.15) is 13.2 Å². The molecule has 4 rings (SSSR count). The first-order valence-corrected chi connectivity index (χ1v) is 12.0. The average molecular weight is 529 g/mol. The fourth-order valence-corrected chi connectivity index (χ4v) is 4.92. The monoisotopic (exact) mass is 528 g/mol. The Morgan fingerprint density at radius 2 is 1.78 bits per heavy atom. The molecule has 1 saturated carbocycles. The third-order valence-corrected chi connectivity index (χ3v) is 6.76. The van der Waals surface area contributed by atoms with E-state index in [1.54, 1.807) is 18.3 Å². The number of pyridine rings is 1. The van der Waals surface area contributed by atoms with Crippen molar-refractivity contribution >= 4 is 29.1 Å². The molecule has 0 bridgehead atoms. The number of aryl methyl sites for hydroxylation is 2. The van der Waals surface area contributed by atoms with Crippen LogP contribution in [0.25, 0.3) is 11.3 Å². The summed E-state index contributed by atoms with van der Waals surface area (Å²) in [6.07, 6.45) is -3.20. The molecule has 3 aromatic rings. The zero-order valence-corrected chi connectivity index (χ0v) is 20.9. The van der Waals surface area contributed by atoms with Crippen molar-refractivity contribution < 1.29 is 27.6 Å². The first-order chi connectivity index (χ1) is 17.4. The Morgan fingerprint density at radius 3 is 2.41 bits per heavy atom. The van der Waals surface area contributed by atoms with E-state index >= 15 is 0 Å². The van der Waals surface area contributed by atoms with Crippen LogP contribution in [0.4, 0.5) is 13.2 Å². The van der Waals surface area contributed by atoms with Gasteiger partial charge in [0.1, 0.15) is 11.7 Å². The minimum Gasteiger partial charge on any atom is -0.352 e. The summed E-state index contributed by atoms with van der Waals surface area (Å²) in [7, 11) is 0. The lowest BCUT2D eigenvalue weighted by atomic mass is 9.85. The Morgan fingerprint density at radius 1 is 1.08 bits per heavy atom. The molecule has 2 unspecified atom stereocenters. The van der Waals surface area contributed by atoms with Crippen molar-refractivity contribution in [3.63, 3.8) is 0 Å². The number of nitrogens with zero attached hydrogens (tertiary/aromatic N) is 1. The molecule has 1 fully saturated rings. The molecule has 2 aromatic carbocycles. The van der Waals surface area contributed by atoms with E-state index in [1.165, 1.54) is 12.1 Å². The van der Waals surface area contributed by atoms with Gasteiger partial charge in [-0.15, -0.1) is 0 Å². The van der Waals surface area contributed by atoms with Crippen molar-refractivity contribution in [2.24, 2.45) is 5.92 Å². The Kier molecular flexibility index (Phi) is 7.50. The first kappa shape index (κ1) is 26.5. The summed E-state index contributed by atoms with van der Waals surface area (Å²) in [4.78, 5) is 42.9. The van der Waals surface area contributed by atoms with E-state index in [2.05, 4.69) is 10.3 Å². The minimum absolute atomic E-state index is 0.0557. The number of halogens is 4. The van der Waals surface area contributed by atoms with Crippen LogP contribution in [0.5, 0.6) is 0 Å². The number of carbonyl (C=O) groups excluding carboxylic acids is 3. The van der Waals surface area contributed by atoms with Gasteiger partial charge in [-0.25, -0.2) is 0 Å². The molecule has 192 valence electrons. The number of benzene rings is 2. The van der Waals surface area contributed by atoms with E-state index in [0.717, 1.165) is 28.8 Å². The van der Waals surface area contributed by atoms with Crippen molar-refractivity contribution in [3.05, 3.63) is 87.6 Å². The van der Waals surface area contributed by atoms with Crippen LogP contribution in [0.15, 0.2) is 54.7 Å². The highest BCUT2D eigenvalue weighted by Crippen LogP contribution is 2.38. The number of rotatable bonds is 6. The number of amides is 1. The van der Waals surface area contributed by atoms with Crippen molar-refractivity contribution in [1.29, 1.82) is 0 Å². The average Bonchev–Trinajstić information content (AvgIpc) is 3.10. The van der Waals surface area contributed by atoms with E-state index in [0.29, 0.717) is 16.3 Å². The maximum atomic E-state index is 13.2. The van der Waals surface area contributed by atoms with E-state index in [-0.39, 0.29) is 36.5 Å². The van der Waals surface area contributed by atoms with Crippen LogP contribution in [-0.2, 0) is 27.1 Å². The van der Waals surface area contributed by atoms with Gasteiger partial charge in [-0.05, 0) is 72.5 Å². The van der Waals surface area contributed by atoms with Gasteiger partial charge in [0.25, 0.3) is 0 Å². The summed E-state index contributed by atoms with van der Waals surface area (Å²) in [6, 6.07) is 11.9. The molecule has 9 heteroatoms. The second-order valence-corrected chi connectivity index (χ2v) is 9.70. The van der Waals surface area contributed by atoms with Crippen LogP contribution >= 0.6 is 11.6 Å². The topological polar surface area (TPSA) is 76.1 Å². The normalized spacial score (nSPS) is 17.8. The standard InChI is InChI=1S/C28H24ClF3N2O3/c1-15-8-18(22-7-6-21(29)14-33-22)9-16(2)25(15)26-23(35)11-19(27(26)37)12-24(36)34-13-17-4-3-5-20(10-17)28(30,31)32/h3-10,14,19,26H,11-13H2,1-2H3,(H,34,36). The number of aromatic nitrogens is 1. The zero-order valence-electron chi connectivity index (χ0n) is 20.2. The van der Waals surface area contributed by atoms with E-state index in [9.17, 15) is 27.6 Å². The molecule has 0 radical (unpaired) electrons. The van der Waals surface area contributed by atoms with Crippen LogP contribution in [-0.4, -0.2) is 22.5 Å². The van der Waals surface area contributed by atoms with Gasteiger partial charge in [0, 0.05) is 37.1 Å². The van der Waals surface area contributed by atoms with E-state index < -0.39 is 29.5 Å². The second-order valence-electron chi connectivity index (χ2n) is 9.27. The smallest absolute Gasteiger partial charge is 0.352 e. The first-order valence-electron chi connectivity index (χ1n) is 11.7. The maximum Gasteiger partial charge on any atom is 0.416 e. The van der Waals surface area contributed by atoms with Crippen LogP contribution in [0, 0.1) is 19.8 Å². The Bertz CT molecular complexity index is 1350. The van der Waals surface area contributed by atoms with Crippen LogP contribution in [0.3, 0.4) is 0 Å². The molecule has 1 aliphatic rings. The number of nitrogens with one attached hydrogen (secondary N) is 1. The summed E-state index contributed by atoms with van der Waals surface area (Å²) >= 11 is 5.92. The van der Waals surface area contributed by atoms with Crippen molar-refractivity contribution in [2.75, 3.05) is 0 Å². The summed E-state index contributed by atoms with van der Waals surface area (Å²) in [6.45, 7) is 3.55. The fourth-order valence-electron chi connectivity index (χ4n) is 4.81. The lowest BCUT2D eigenvalue weighted by molar-refractivity contribution is -0.137. The van der Waals surface area contributed by atoms with E-state index in [1.807, 2.05) is 26.0 Å².